The number of ether oxygens (including phenoxy) is 11. The van der Waals surface area contributed by atoms with Gasteiger partial charge in [0.15, 0.2) is 37.7 Å². The maximum Gasteiger partial charge on any atom is 0.187 e. The molecule has 6 unspecified atom stereocenters. The third kappa shape index (κ3) is 11.2. The van der Waals surface area contributed by atoms with E-state index in [4.69, 9.17) is 52.1 Å². The first-order valence-corrected chi connectivity index (χ1v) is 21.1. The van der Waals surface area contributed by atoms with Gasteiger partial charge in [-0.05, 0) is 0 Å². The van der Waals surface area contributed by atoms with Crippen LogP contribution in [0, 0.1) is 0 Å². The van der Waals surface area contributed by atoms with Crippen molar-refractivity contribution in [2.24, 2.45) is 0 Å². The molecule has 67 heavy (non-hydrogen) atoms. The van der Waals surface area contributed by atoms with Gasteiger partial charge in [-0.25, -0.2) is 0 Å². The summed E-state index contributed by atoms with van der Waals surface area (Å²) in [6, 6.07) is 0. The van der Waals surface area contributed by atoms with E-state index in [2.05, 4.69) is 0 Å². The van der Waals surface area contributed by atoms with Crippen LogP contribution in [0.4, 0.5) is 0 Å². The molecule has 0 aromatic rings. The van der Waals surface area contributed by atoms with E-state index in [0.717, 1.165) is 0 Å². The molecule has 0 aromatic carbocycles. The molecule has 30 atom stereocenters. The lowest BCUT2D eigenvalue weighted by Gasteiger charge is -2.49. The monoisotopic (exact) mass is 990 g/mol. The summed E-state index contributed by atoms with van der Waals surface area (Å²) in [6.07, 6.45) is -56.5. The Morgan fingerprint density at radius 2 is 0.433 bits per heavy atom. The van der Waals surface area contributed by atoms with Crippen LogP contribution in [0.15, 0.2) is 0 Å². The smallest absolute Gasteiger partial charge is 0.187 e. The van der Waals surface area contributed by atoms with E-state index in [1.165, 1.54) is 0 Å². The Hall–Kier alpha value is -1.24. The Labute approximate surface area is 378 Å². The molecular formula is C36H62O31. The molecule has 0 bridgehead atoms. The Balaban J connectivity index is 1.07. The minimum Gasteiger partial charge on any atom is -0.394 e. The maximum absolute atomic E-state index is 11.2. The van der Waals surface area contributed by atoms with Crippen LogP contribution in [-0.2, 0) is 52.1 Å². The summed E-state index contributed by atoms with van der Waals surface area (Å²) in [5, 5.41) is 209. The van der Waals surface area contributed by atoms with Crippen molar-refractivity contribution in [3.05, 3.63) is 0 Å². The lowest BCUT2D eigenvalue weighted by molar-refractivity contribution is -0.396. The zero-order chi connectivity index (χ0) is 49.3. The minimum atomic E-state index is -2.18. The third-order valence-corrected chi connectivity index (χ3v) is 12.4. The van der Waals surface area contributed by atoms with Crippen LogP contribution in [0.3, 0.4) is 0 Å². The van der Waals surface area contributed by atoms with Crippen LogP contribution in [0.5, 0.6) is 0 Å². The van der Waals surface area contributed by atoms with Gasteiger partial charge in [0.1, 0.15) is 146 Å². The van der Waals surface area contributed by atoms with Gasteiger partial charge in [0.2, 0.25) is 0 Å². The molecule has 0 saturated carbocycles. The fourth-order valence-corrected chi connectivity index (χ4v) is 8.52. The van der Waals surface area contributed by atoms with Gasteiger partial charge in [0.05, 0.1) is 39.6 Å². The second-order valence-electron chi connectivity index (χ2n) is 16.8. The van der Waals surface area contributed by atoms with Crippen molar-refractivity contribution in [1.29, 1.82) is 0 Å². The molecule has 6 aliphatic heterocycles. The van der Waals surface area contributed by atoms with Crippen LogP contribution in [0.25, 0.3) is 0 Å². The van der Waals surface area contributed by atoms with Gasteiger partial charge < -0.3 is 154 Å². The molecule has 0 amide bonds. The summed E-state index contributed by atoms with van der Waals surface area (Å²) in [4.78, 5) is 0. The quantitative estimate of drug-likeness (QED) is 0.0683. The average Bonchev–Trinajstić information content (AvgIpc) is 3.32. The first kappa shape index (κ1) is 55.1. The predicted molar refractivity (Wildman–Crippen MR) is 199 cm³/mol. The van der Waals surface area contributed by atoms with Gasteiger partial charge in [-0.2, -0.15) is 0 Å². The Kier molecular flexibility index (Phi) is 19.4. The Morgan fingerprint density at radius 1 is 0.224 bits per heavy atom. The number of aliphatic hydroxyl groups is 20. The van der Waals surface area contributed by atoms with E-state index in [1.54, 1.807) is 0 Å². The first-order chi connectivity index (χ1) is 31.8. The topological polar surface area (TPSA) is 506 Å². The van der Waals surface area contributed by atoms with E-state index in [0.29, 0.717) is 0 Å². The van der Waals surface area contributed by atoms with Crippen molar-refractivity contribution in [3.8, 4) is 0 Å². The molecule has 0 aliphatic carbocycles. The zero-order valence-electron chi connectivity index (χ0n) is 35.0. The fourth-order valence-electron chi connectivity index (χ4n) is 8.52. The van der Waals surface area contributed by atoms with Gasteiger partial charge >= 0.3 is 0 Å². The largest absolute Gasteiger partial charge is 0.394 e. The van der Waals surface area contributed by atoms with Crippen LogP contribution in [-0.4, -0.2) is 326 Å². The molecule has 6 saturated heterocycles. The highest BCUT2D eigenvalue weighted by molar-refractivity contribution is 5.00. The average molecular weight is 991 g/mol. The highest BCUT2D eigenvalue weighted by Crippen LogP contribution is 2.36. The van der Waals surface area contributed by atoms with Crippen LogP contribution in [0.2, 0.25) is 0 Å². The molecule has 0 aromatic heterocycles. The fraction of sp³-hybridized carbons (Fsp3) is 1.00. The van der Waals surface area contributed by atoms with Crippen LogP contribution in [0.1, 0.15) is 0 Å². The van der Waals surface area contributed by atoms with Crippen molar-refractivity contribution in [1.82, 2.24) is 0 Å². The normalized spacial score (nSPS) is 53.4. The summed E-state index contributed by atoms with van der Waals surface area (Å²) < 4.78 is 60.5. The van der Waals surface area contributed by atoms with Gasteiger partial charge in [-0.1, -0.05) is 0 Å². The second-order valence-corrected chi connectivity index (χ2v) is 16.8. The summed E-state index contributed by atoms with van der Waals surface area (Å²) in [5.41, 5.74) is 0. The molecule has 6 fully saturated rings. The number of hydrogen-bond acceptors (Lipinski definition) is 31. The molecule has 0 radical (unpaired) electrons. The van der Waals surface area contributed by atoms with Gasteiger partial charge in [-0.3, -0.25) is 0 Å². The molecule has 20 N–H and O–H groups in total. The lowest BCUT2D eigenvalue weighted by atomic mass is 9.95. The molecule has 6 rings (SSSR count). The summed E-state index contributed by atoms with van der Waals surface area (Å²) in [5.74, 6) is 0. The molecule has 392 valence electrons. The van der Waals surface area contributed by atoms with Crippen molar-refractivity contribution >= 4 is 0 Å². The van der Waals surface area contributed by atoms with Crippen molar-refractivity contribution in [2.45, 2.75) is 184 Å². The highest BCUT2D eigenvalue weighted by Gasteiger charge is 2.57. The first-order valence-electron chi connectivity index (χ1n) is 21.1. The van der Waals surface area contributed by atoms with E-state index in [1.807, 2.05) is 0 Å². The summed E-state index contributed by atoms with van der Waals surface area (Å²) >= 11 is 0. The zero-order valence-corrected chi connectivity index (χ0v) is 35.0. The van der Waals surface area contributed by atoms with E-state index >= 15 is 0 Å². The second kappa shape index (κ2) is 23.5. The highest BCUT2D eigenvalue weighted by atomic mass is 16.8. The summed E-state index contributed by atoms with van der Waals surface area (Å²) in [6.45, 7) is -5.67. The molecule has 6 aliphatic rings. The minimum absolute atomic E-state index is 0.830. The van der Waals surface area contributed by atoms with E-state index < -0.39 is 224 Å². The molecule has 31 nitrogen and oxygen atoms in total. The van der Waals surface area contributed by atoms with E-state index in [9.17, 15) is 102 Å². The van der Waals surface area contributed by atoms with Crippen molar-refractivity contribution < 1.29 is 154 Å². The molecule has 6 heterocycles. The SMILES string of the molecule is OC[C@H]1OC(O[C@H]2[C@H](O)[C@@H](O)C(O[C@H]3[C@H](O)[C@@H](O)C(O[C@H]4[C@H](O)[C@@H](O)C(O[C@H]5[C@H](O)[C@@H](O)C(O[C@H]6[C@H](O)[C@@H](O)C(O)O[C@@H]6CO)O[C@@H]5CO)O[C@@H]4CO)O[C@@H]3CO)O[C@@H]2CO)[C@H](O)[C@@H](O)[C@@H]1O. The number of hydrogen-bond donors (Lipinski definition) is 20. The summed E-state index contributed by atoms with van der Waals surface area (Å²) in [7, 11) is 0. The van der Waals surface area contributed by atoms with Crippen LogP contribution < -0.4 is 0 Å². The predicted octanol–water partition coefficient (Wildman–Crippen LogP) is -14.1. The Morgan fingerprint density at radius 3 is 0.687 bits per heavy atom. The van der Waals surface area contributed by atoms with Gasteiger partial charge in [0, 0.05) is 0 Å². The van der Waals surface area contributed by atoms with Crippen molar-refractivity contribution in [2.75, 3.05) is 39.6 Å². The Bertz CT molecular complexity index is 1500. The molecule has 31 heteroatoms. The van der Waals surface area contributed by atoms with Crippen LogP contribution >= 0.6 is 0 Å². The number of aliphatic hydroxyl groups excluding tert-OH is 20. The third-order valence-electron chi connectivity index (χ3n) is 12.4. The van der Waals surface area contributed by atoms with Crippen molar-refractivity contribution in [3.63, 3.8) is 0 Å². The maximum atomic E-state index is 11.2. The number of rotatable bonds is 16. The molecular weight excluding hydrogens is 928 g/mol. The molecule has 0 spiro atoms. The van der Waals surface area contributed by atoms with Gasteiger partial charge in [0.25, 0.3) is 0 Å². The standard InChI is InChI=1S/C36H62O31/c37-1-7-13(43)14(44)21(51)32(58-7)64-27-9(3-39)60-34(23(53)16(27)46)66-29-11(5-41)62-36(25(55)18(29)48)67-30-12(6-42)61-35(24(54)19(30)49)65-28-10(4-40)59-33(22(52)17(28)47)63-26-8(2-38)57-31(56)20(50)15(26)45/h7-56H,1-6H2/t7-,8-,9-,10-,11-,12-,13-,14+,15-,16-,17-,18-,19-,20-,21-,22-,23-,24-,25-,26-,27-,28-,29-,30-,31?,32?,33?,34?,35?,36?/m1/s1. The lowest BCUT2D eigenvalue weighted by Crippen LogP contribution is -2.68. The van der Waals surface area contributed by atoms with E-state index in [-0.39, 0.29) is 0 Å². The van der Waals surface area contributed by atoms with Gasteiger partial charge in [-0.15, -0.1) is 0 Å².